The van der Waals surface area contributed by atoms with E-state index in [9.17, 15) is 4.79 Å². The standard InChI is InChI=1S/C16H19N7O/c1-3-4-10-23(2)16-19-13-12(14(24)20-16)17-15(18-13)22-21-11-8-6-5-7-9-11/h5-9H,3-4,10H2,1-2H3,(H2,17,18,19,20,24)/b22-21+. The summed E-state index contributed by atoms with van der Waals surface area (Å²) in [7, 11) is 1.89. The zero-order valence-corrected chi connectivity index (χ0v) is 13.7. The minimum atomic E-state index is -0.296. The molecule has 0 spiro atoms. The zero-order valence-electron chi connectivity index (χ0n) is 13.7. The van der Waals surface area contributed by atoms with Gasteiger partial charge in [-0.15, -0.1) is 10.2 Å². The van der Waals surface area contributed by atoms with Crippen LogP contribution in [0.15, 0.2) is 45.4 Å². The molecule has 124 valence electrons. The number of nitrogens with one attached hydrogen (secondary N) is 2. The number of nitrogens with zero attached hydrogens (tertiary/aromatic N) is 5. The van der Waals surface area contributed by atoms with E-state index in [2.05, 4.69) is 37.1 Å². The topological polar surface area (TPSA) is 102 Å². The molecule has 24 heavy (non-hydrogen) atoms. The number of aromatic amines is 2. The molecule has 8 nitrogen and oxygen atoms in total. The molecule has 1 aromatic carbocycles. The molecule has 0 saturated heterocycles. The number of unbranched alkanes of at least 4 members (excludes halogenated alkanes) is 1. The number of aromatic nitrogens is 4. The third-order valence-corrected chi connectivity index (χ3v) is 3.56. The fraction of sp³-hybridized carbons (Fsp3) is 0.312. The average Bonchev–Trinajstić information content (AvgIpc) is 3.02. The van der Waals surface area contributed by atoms with Gasteiger partial charge in [0.15, 0.2) is 11.2 Å². The SMILES string of the molecule is CCCCN(C)c1nc2[nH]c(/N=N/c3ccccc3)nc2c(=O)[nH]1. The summed E-state index contributed by atoms with van der Waals surface area (Å²) in [5, 5.41) is 8.11. The highest BCUT2D eigenvalue weighted by molar-refractivity contribution is 5.72. The van der Waals surface area contributed by atoms with Crippen LogP contribution in [0, 0.1) is 0 Å². The molecule has 0 aliphatic carbocycles. The monoisotopic (exact) mass is 325 g/mol. The molecule has 0 aliphatic rings. The quantitative estimate of drug-likeness (QED) is 0.679. The molecule has 0 saturated carbocycles. The first-order valence-corrected chi connectivity index (χ1v) is 7.85. The lowest BCUT2D eigenvalue weighted by Gasteiger charge is -2.16. The minimum absolute atomic E-state index is 0.227. The highest BCUT2D eigenvalue weighted by atomic mass is 16.1. The van der Waals surface area contributed by atoms with Gasteiger partial charge in [-0.3, -0.25) is 9.78 Å². The van der Waals surface area contributed by atoms with Crippen LogP contribution in [0.3, 0.4) is 0 Å². The van der Waals surface area contributed by atoms with E-state index in [1.54, 1.807) is 0 Å². The number of hydrogen-bond donors (Lipinski definition) is 2. The molecule has 2 aromatic heterocycles. The van der Waals surface area contributed by atoms with Gasteiger partial charge in [0.05, 0.1) is 5.69 Å². The van der Waals surface area contributed by atoms with E-state index in [4.69, 9.17) is 0 Å². The van der Waals surface area contributed by atoms with Crippen molar-refractivity contribution >= 4 is 28.7 Å². The Balaban J connectivity index is 1.89. The maximum absolute atomic E-state index is 12.2. The fourth-order valence-electron chi connectivity index (χ4n) is 2.21. The van der Waals surface area contributed by atoms with Crippen molar-refractivity contribution in [3.8, 4) is 0 Å². The number of H-pyrrole nitrogens is 2. The van der Waals surface area contributed by atoms with Crippen molar-refractivity contribution in [3.63, 3.8) is 0 Å². The van der Waals surface area contributed by atoms with E-state index in [1.807, 2.05) is 42.3 Å². The maximum atomic E-state index is 12.2. The Bertz CT molecular complexity index is 898. The van der Waals surface area contributed by atoms with E-state index in [-0.39, 0.29) is 17.0 Å². The largest absolute Gasteiger partial charge is 0.345 e. The van der Waals surface area contributed by atoms with Crippen LogP contribution in [0.4, 0.5) is 17.6 Å². The number of rotatable bonds is 6. The molecule has 0 fully saturated rings. The number of anilines is 1. The van der Waals surface area contributed by atoms with Crippen LogP contribution in [-0.4, -0.2) is 33.5 Å². The van der Waals surface area contributed by atoms with Crippen molar-refractivity contribution in [2.45, 2.75) is 19.8 Å². The number of azo groups is 1. The molecule has 8 heteroatoms. The summed E-state index contributed by atoms with van der Waals surface area (Å²) in [5.74, 6) is 0.761. The third-order valence-electron chi connectivity index (χ3n) is 3.56. The van der Waals surface area contributed by atoms with Crippen LogP contribution in [-0.2, 0) is 0 Å². The van der Waals surface area contributed by atoms with E-state index >= 15 is 0 Å². The van der Waals surface area contributed by atoms with Gasteiger partial charge in [-0.05, 0) is 18.6 Å². The van der Waals surface area contributed by atoms with Gasteiger partial charge < -0.3 is 9.88 Å². The van der Waals surface area contributed by atoms with Gasteiger partial charge in [-0.1, -0.05) is 31.5 Å². The van der Waals surface area contributed by atoms with Crippen molar-refractivity contribution in [3.05, 3.63) is 40.7 Å². The van der Waals surface area contributed by atoms with Crippen molar-refractivity contribution in [1.29, 1.82) is 0 Å². The lowest BCUT2D eigenvalue weighted by Crippen LogP contribution is -2.24. The molecule has 3 rings (SSSR count). The van der Waals surface area contributed by atoms with Crippen LogP contribution < -0.4 is 10.5 Å². The first-order chi connectivity index (χ1) is 11.7. The molecule has 3 aromatic rings. The Morgan fingerprint density at radius 3 is 2.67 bits per heavy atom. The molecular weight excluding hydrogens is 306 g/mol. The highest BCUT2D eigenvalue weighted by Crippen LogP contribution is 2.17. The third kappa shape index (κ3) is 3.48. The molecule has 0 bridgehead atoms. The van der Waals surface area contributed by atoms with Crippen molar-refractivity contribution in [1.82, 2.24) is 19.9 Å². The number of hydrogen-bond acceptors (Lipinski definition) is 6. The normalized spacial score (nSPS) is 11.4. The minimum Gasteiger partial charge on any atom is -0.345 e. The lowest BCUT2D eigenvalue weighted by molar-refractivity contribution is 0.750. The molecule has 0 aliphatic heterocycles. The summed E-state index contributed by atoms with van der Waals surface area (Å²) in [4.78, 5) is 28.3. The highest BCUT2D eigenvalue weighted by Gasteiger charge is 2.11. The fourth-order valence-corrected chi connectivity index (χ4v) is 2.21. The summed E-state index contributed by atoms with van der Waals surface area (Å²) in [6, 6.07) is 9.31. The molecule has 0 amide bonds. The molecular formula is C16H19N7O. The molecule has 2 N–H and O–H groups in total. The smallest absolute Gasteiger partial charge is 0.280 e. The van der Waals surface area contributed by atoms with E-state index < -0.39 is 0 Å². The van der Waals surface area contributed by atoms with Gasteiger partial charge in [-0.25, -0.2) is 4.98 Å². The lowest BCUT2D eigenvalue weighted by atomic mass is 10.3. The van der Waals surface area contributed by atoms with E-state index in [0.717, 1.165) is 19.4 Å². The Kier molecular flexibility index (Phi) is 4.64. The average molecular weight is 325 g/mol. The summed E-state index contributed by atoms with van der Waals surface area (Å²) < 4.78 is 0. The number of benzene rings is 1. The second-order valence-corrected chi connectivity index (χ2v) is 5.46. The molecule has 0 unspecified atom stereocenters. The van der Waals surface area contributed by atoms with Gasteiger partial charge in [0, 0.05) is 13.6 Å². The Labute approximate surface area is 138 Å². The van der Waals surface area contributed by atoms with Crippen molar-refractivity contribution in [2.75, 3.05) is 18.5 Å². The molecule has 0 radical (unpaired) electrons. The zero-order chi connectivity index (χ0) is 16.9. The number of fused-ring (bicyclic) bond motifs is 1. The van der Waals surface area contributed by atoms with Crippen molar-refractivity contribution < 1.29 is 0 Å². The first kappa shape index (κ1) is 15.9. The van der Waals surface area contributed by atoms with Crippen LogP contribution in [0.2, 0.25) is 0 Å². The van der Waals surface area contributed by atoms with Gasteiger partial charge in [0.2, 0.25) is 11.9 Å². The van der Waals surface area contributed by atoms with Crippen LogP contribution in [0.1, 0.15) is 19.8 Å². The molecule has 0 atom stereocenters. The van der Waals surface area contributed by atoms with Gasteiger partial charge in [0.1, 0.15) is 0 Å². The van der Waals surface area contributed by atoms with Gasteiger partial charge in [0.25, 0.3) is 5.56 Å². The predicted molar refractivity (Wildman–Crippen MR) is 93.3 cm³/mol. The second kappa shape index (κ2) is 7.03. The summed E-state index contributed by atoms with van der Waals surface area (Å²) >= 11 is 0. The van der Waals surface area contributed by atoms with Crippen LogP contribution >= 0.6 is 0 Å². The Morgan fingerprint density at radius 1 is 1.12 bits per heavy atom. The summed E-state index contributed by atoms with van der Waals surface area (Å²) in [6.45, 7) is 2.94. The first-order valence-electron chi connectivity index (χ1n) is 7.85. The van der Waals surface area contributed by atoms with Gasteiger partial charge >= 0.3 is 0 Å². The second-order valence-electron chi connectivity index (χ2n) is 5.46. The molecule has 2 heterocycles. The Morgan fingerprint density at radius 2 is 1.92 bits per heavy atom. The van der Waals surface area contributed by atoms with Crippen LogP contribution in [0.25, 0.3) is 11.2 Å². The van der Waals surface area contributed by atoms with E-state index in [0.29, 0.717) is 17.3 Å². The van der Waals surface area contributed by atoms with E-state index in [1.165, 1.54) is 0 Å². The predicted octanol–water partition coefficient (Wildman–Crippen LogP) is 3.30. The number of imidazole rings is 1. The van der Waals surface area contributed by atoms with Crippen molar-refractivity contribution in [2.24, 2.45) is 10.2 Å². The van der Waals surface area contributed by atoms with Gasteiger partial charge in [-0.2, -0.15) is 4.98 Å². The van der Waals surface area contributed by atoms with Crippen LogP contribution in [0.5, 0.6) is 0 Å². The maximum Gasteiger partial charge on any atom is 0.280 e. The summed E-state index contributed by atoms with van der Waals surface area (Å²) in [5.41, 5.74) is 1.04. The Hall–Kier alpha value is -3.03. The summed E-state index contributed by atoms with van der Waals surface area (Å²) in [6.07, 6.45) is 2.10.